The van der Waals surface area contributed by atoms with Crippen LogP contribution < -0.4 is 5.73 Å². The molecule has 0 aliphatic carbocycles. The third-order valence-corrected chi connectivity index (χ3v) is 4.22. The molecule has 0 saturated carbocycles. The number of piperidine rings is 1. The zero-order valence-electron chi connectivity index (χ0n) is 11.8. The molecule has 20 heavy (non-hydrogen) atoms. The number of nitrogens with zero attached hydrogens (tertiary/aromatic N) is 1. The number of carbonyl (C=O) groups excluding carboxylic acids is 1. The molecule has 7 nitrogen and oxygen atoms in total. The third-order valence-electron chi connectivity index (χ3n) is 4.22. The highest BCUT2D eigenvalue weighted by Crippen LogP contribution is 2.27. The molecule has 0 aromatic carbocycles. The largest absolute Gasteiger partial charge is 0.481 e. The number of carboxylic acids is 2. The molecule has 0 aromatic heterocycles. The highest BCUT2D eigenvalue weighted by Gasteiger charge is 2.43. The molecule has 1 heterocycles. The maximum absolute atomic E-state index is 12.4. The van der Waals surface area contributed by atoms with E-state index in [1.165, 1.54) is 4.90 Å². The van der Waals surface area contributed by atoms with E-state index in [9.17, 15) is 14.4 Å². The summed E-state index contributed by atoms with van der Waals surface area (Å²) >= 11 is 0. The first-order valence-corrected chi connectivity index (χ1v) is 6.80. The van der Waals surface area contributed by atoms with E-state index in [0.29, 0.717) is 12.8 Å². The lowest BCUT2D eigenvalue weighted by Gasteiger charge is -2.39. The van der Waals surface area contributed by atoms with Gasteiger partial charge in [0.05, 0.1) is 17.4 Å². The summed E-state index contributed by atoms with van der Waals surface area (Å²) < 4.78 is 0. The monoisotopic (exact) mass is 286 g/mol. The van der Waals surface area contributed by atoms with Gasteiger partial charge in [0.25, 0.3) is 0 Å². The van der Waals surface area contributed by atoms with Crippen LogP contribution in [0.3, 0.4) is 0 Å². The molecule has 114 valence electrons. The Labute approximate surface area is 117 Å². The highest BCUT2D eigenvalue weighted by atomic mass is 16.4. The number of aliphatic carboxylic acids is 2. The van der Waals surface area contributed by atoms with Gasteiger partial charge in [0.1, 0.15) is 0 Å². The lowest BCUT2D eigenvalue weighted by molar-refractivity contribution is -0.160. The first-order chi connectivity index (χ1) is 9.26. The normalized spacial score (nSPS) is 23.4. The predicted octanol–water partition coefficient (Wildman–Crippen LogP) is 0.138. The maximum atomic E-state index is 12.4. The van der Waals surface area contributed by atoms with Gasteiger partial charge in [0.15, 0.2) is 0 Å². The summed E-state index contributed by atoms with van der Waals surface area (Å²) in [6.45, 7) is 3.75. The van der Waals surface area contributed by atoms with Crippen molar-refractivity contribution in [3.05, 3.63) is 0 Å². The van der Waals surface area contributed by atoms with Crippen LogP contribution in [0, 0.1) is 11.8 Å². The fraction of sp³-hybridized carbons (Fsp3) is 0.769. The summed E-state index contributed by atoms with van der Waals surface area (Å²) in [6.07, 6.45) is 1.05. The summed E-state index contributed by atoms with van der Waals surface area (Å²) in [5, 5.41) is 18.2. The van der Waals surface area contributed by atoms with E-state index in [4.69, 9.17) is 15.9 Å². The van der Waals surface area contributed by atoms with Crippen LogP contribution in [0.25, 0.3) is 0 Å². The summed E-state index contributed by atoms with van der Waals surface area (Å²) in [7, 11) is 0. The van der Waals surface area contributed by atoms with Crippen LogP contribution >= 0.6 is 0 Å². The van der Waals surface area contributed by atoms with Gasteiger partial charge < -0.3 is 20.8 Å². The topological polar surface area (TPSA) is 121 Å². The van der Waals surface area contributed by atoms with Gasteiger partial charge in [-0.2, -0.15) is 0 Å². The first-order valence-electron chi connectivity index (χ1n) is 6.80. The van der Waals surface area contributed by atoms with Crippen LogP contribution in [0.5, 0.6) is 0 Å². The number of rotatable bonds is 5. The van der Waals surface area contributed by atoms with Gasteiger partial charge >= 0.3 is 11.9 Å². The molecule has 0 bridgehead atoms. The standard InChI is InChI=1S/C13H22N2O5/c1-3-13(14,4-2)12(20)15-6-5-8(10(16)17)9(7-15)11(18)19/h8-9H,3-7,14H2,1-2H3,(H,16,17)(H,18,19). The molecule has 1 fully saturated rings. The van der Waals surface area contributed by atoms with E-state index < -0.39 is 29.3 Å². The Kier molecular flexibility index (Phi) is 5.10. The number of nitrogens with two attached hydrogens (primary N) is 1. The average Bonchev–Trinajstić information content (AvgIpc) is 2.44. The molecule has 1 saturated heterocycles. The van der Waals surface area contributed by atoms with Gasteiger partial charge in [0, 0.05) is 13.1 Å². The second-order valence-corrected chi connectivity index (χ2v) is 5.29. The van der Waals surface area contributed by atoms with E-state index in [0.717, 1.165) is 0 Å². The van der Waals surface area contributed by atoms with Gasteiger partial charge in [-0.15, -0.1) is 0 Å². The Morgan fingerprint density at radius 1 is 1.15 bits per heavy atom. The highest BCUT2D eigenvalue weighted by molar-refractivity contribution is 5.87. The molecule has 0 radical (unpaired) electrons. The Bertz CT molecular complexity index is 406. The van der Waals surface area contributed by atoms with Crippen molar-refractivity contribution >= 4 is 17.8 Å². The zero-order valence-corrected chi connectivity index (χ0v) is 11.8. The zero-order chi connectivity index (χ0) is 15.5. The lowest BCUT2D eigenvalue weighted by atomic mass is 9.83. The summed E-state index contributed by atoms with van der Waals surface area (Å²) in [5.74, 6) is -4.65. The molecular formula is C13H22N2O5. The van der Waals surface area contributed by atoms with Gasteiger partial charge in [0.2, 0.25) is 5.91 Å². The van der Waals surface area contributed by atoms with Gasteiger partial charge in [-0.05, 0) is 19.3 Å². The van der Waals surface area contributed by atoms with E-state index >= 15 is 0 Å². The molecule has 7 heteroatoms. The fourth-order valence-corrected chi connectivity index (χ4v) is 2.55. The van der Waals surface area contributed by atoms with Crippen LogP contribution in [0.2, 0.25) is 0 Å². The van der Waals surface area contributed by atoms with Gasteiger partial charge in [-0.3, -0.25) is 14.4 Å². The third kappa shape index (κ3) is 3.09. The van der Waals surface area contributed by atoms with Gasteiger partial charge in [-0.25, -0.2) is 0 Å². The molecule has 1 amide bonds. The van der Waals surface area contributed by atoms with Crippen molar-refractivity contribution in [3.8, 4) is 0 Å². The summed E-state index contributed by atoms with van der Waals surface area (Å²) in [6, 6.07) is 0. The number of carbonyl (C=O) groups is 3. The summed E-state index contributed by atoms with van der Waals surface area (Å²) in [5.41, 5.74) is 5.03. The van der Waals surface area contributed by atoms with Crippen LogP contribution in [-0.4, -0.2) is 51.6 Å². The van der Waals surface area contributed by atoms with E-state index in [-0.39, 0.29) is 25.4 Å². The van der Waals surface area contributed by atoms with Crippen LogP contribution in [0.4, 0.5) is 0 Å². The number of carboxylic acid groups (broad SMARTS) is 2. The lowest BCUT2D eigenvalue weighted by Crippen LogP contribution is -2.58. The molecule has 2 unspecified atom stereocenters. The molecular weight excluding hydrogens is 264 g/mol. The molecule has 4 N–H and O–H groups in total. The number of amides is 1. The van der Waals surface area contributed by atoms with Gasteiger partial charge in [-0.1, -0.05) is 13.8 Å². The Balaban J connectivity index is 2.89. The van der Waals surface area contributed by atoms with E-state index in [1.807, 2.05) is 0 Å². The minimum atomic E-state index is -1.19. The van der Waals surface area contributed by atoms with Crippen molar-refractivity contribution in [2.45, 2.75) is 38.6 Å². The Morgan fingerprint density at radius 3 is 2.05 bits per heavy atom. The van der Waals surface area contributed by atoms with Crippen molar-refractivity contribution < 1.29 is 24.6 Å². The Morgan fingerprint density at radius 2 is 1.65 bits per heavy atom. The molecule has 1 aliphatic heterocycles. The average molecular weight is 286 g/mol. The number of hydrogen-bond donors (Lipinski definition) is 3. The SMILES string of the molecule is CCC(N)(CC)C(=O)N1CCC(C(=O)O)C(C(=O)O)C1. The fourth-order valence-electron chi connectivity index (χ4n) is 2.55. The maximum Gasteiger partial charge on any atom is 0.309 e. The minimum absolute atomic E-state index is 0.0932. The van der Waals surface area contributed by atoms with Crippen molar-refractivity contribution in [1.82, 2.24) is 4.90 Å². The van der Waals surface area contributed by atoms with E-state index in [1.54, 1.807) is 13.8 Å². The van der Waals surface area contributed by atoms with Crippen LogP contribution in [0.15, 0.2) is 0 Å². The van der Waals surface area contributed by atoms with E-state index in [2.05, 4.69) is 0 Å². The first kappa shape index (κ1) is 16.4. The minimum Gasteiger partial charge on any atom is -0.481 e. The molecule has 2 atom stereocenters. The summed E-state index contributed by atoms with van der Waals surface area (Å²) in [4.78, 5) is 36.0. The van der Waals surface area contributed by atoms with Crippen molar-refractivity contribution in [1.29, 1.82) is 0 Å². The number of likely N-dealkylation sites (tertiary alicyclic amines) is 1. The molecule has 0 spiro atoms. The van der Waals surface area contributed by atoms with Crippen LogP contribution in [-0.2, 0) is 14.4 Å². The quantitative estimate of drug-likeness (QED) is 0.661. The van der Waals surface area contributed by atoms with Crippen molar-refractivity contribution in [3.63, 3.8) is 0 Å². The molecule has 1 rings (SSSR count). The molecule has 0 aromatic rings. The second kappa shape index (κ2) is 6.21. The van der Waals surface area contributed by atoms with Crippen molar-refractivity contribution in [2.75, 3.05) is 13.1 Å². The Hall–Kier alpha value is -1.63. The predicted molar refractivity (Wildman–Crippen MR) is 70.9 cm³/mol. The number of hydrogen-bond acceptors (Lipinski definition) is 4. The second-order valence-electron chi connectivity index (χ2n) is 5.29. The molecule has 1 aliphatic rings. The smallest absolute Gasteiger partial charge is 0.309 e. The van der Waals surface area contributed by atoms with Crippen LogP contribution in [0.1, 0.15) is 33.1 Å². The van der Waals surface area contributed by atoms with Crippen molar-refractivity contribution in [2.24, 2.45) is 17.6 Å².